The molecule has 0 heterocycles. The van der Waals surface area contributed by atoms with Gasteiger partial charge in [-0.2, -0.15) is 0 Å². The van der Waals surface area contributed by atoms with E-state index >= 15 is 0 Å². The van der Waals surface area contributed by atoms with Crippen LogP contribution in [0.3, 0.4) is 0 Å². The summed E-state index contributed by atoms with van der Waals surface area (Å²) < 4.78 is 0. The Morgan fingerprint density at radius 2 is 1.92 bits per heavy atom. The van der Waals surface area contributed by atoms with Crippen LogP contribution in [0.1, 0.15) is 11.1 Å². The normalized spacial score (nSPS) is 9.17. The van der Waals surface area contributed by atoms with E-state index in [1.807, 2.05) is 26.0 Å². The molecule has 0 radical (unpaired) electrons. The summed E-state index contributed by atoms with van der Waals surface area (Å²) in [5.41, 5.74) is 16.9. The molecule has 0 fully saturated rings. The predicted octanol–water partition coefficient (Wildman–Crippen LogP) is 2.83. The van der Waals surface area contributed by atoms with E-state index in [4.69, 9.17) is 11.3 Å². The molecule has 0 bridgehead atoms. The molecule has 1 aromatic rings. The zero-order chi connectivity index (χ0) is 9.14. The molecule has 0 unspecified atom stereocenters. The highest BCUT2D eigenvalue weighted by Gasteiger charge is 2.02. The molecule has 0 aliphatic rings. The van der Waals surface area contributed by atoms with Crippen molar-refractivity contribution >= 4 is 11.4 Å². The Bertz CT molecular complexity index is 350. The fourth-order valence-electron chi connectivity index (χ4n) is 0.995. The third-order valence-corrected chi connectivity index (χ3v) is 1.78. The van der Waals surface area contributed by atoms with Crippen molar-refractivity contribution in [3.63, 3.8) is 0 Å². The van der Waals surface area contributed by atoms with Gasteiger partial charge in [-0.3, -0.25) is 0 Å². The van der Waals surface area contributed by atoms with Gasteiger partial charge in [0, 0.05) is 10.6 Å². The van der Waals surface area contributed by atoms with E-state index in [1.54, 1.807) is 0 Å². The molecule has 0 saturated carbocycles. The Balaban J connectivity index is 3.42. The maximum atomic E-state index is 8.26. The maximum Gasteiger partial charge on any atom is 0.0636 e. The molecule has 1 rings (SSSR count). The van der Waals surface area contributed by atoms with E-state index in [9.17, 15) is 0 Å². The van der Waals surface area contributed by atoms with Crippen molar-refractivity contribution in [3.8, 4) is 0 Å². The second-order valence-electron chi connectivity index (χ2n) is 2.65. The Morgan fingerprint density at radius 3 is 2.50 bits per heavy atom. The van der Waals surface area contributed by atoms with E-state index in [0.29, 0.717) is 11.4 Å². The predicted molar refractivity (Wildman–Crippen MR) is 49.1 cm³/mol. The molecular formula is C8H10N4. The fourth-order valence-corrected chi connectivity index (χ4v) is 0.995. The Morgan fingerprint density at radius 1 is 1.33 bits per heavy atom. The van der Waals surface area contributed by atoms with Crippen LogP contribution in [0, 0.1) is 13.8 Å². The zero-order valence-electron chi connectivity index (χ0n) is 7.07. The SMILES string of the molecule is Cc1ccc(C)c(N=[N+]=[N-])c1N. The van der Waals surface area contributed by atoms with Gasteiger partial charge in [0.25, 0.3) is 0 Å². The number of anilines is 1. The van der Waals surface area contributed by atoms with Gasteiger partial charge < -0.3 is 5.73 Å². The number of nitrogens with zero attached hydrogens (tertiary/aromatic N) is 3. The number of hydrogen-bond donors (Lipinski definition) is 1. The van der Waals surface area contributed by atoms with Crippen LogP contribution in [-0.2, 0) is 0 Å². The van der Waals surface area contributed by atoms with Crippen LogP contribution in [0.5, 0.6) is 0 Å². The minimum Gasteiger partial charge on any atom is -0.398 e. The monoisotopic (exact) mass is 162 g/mol. The fraction of sp³-hybridized carbons (Fsp3) is 0.250. The van der Waals surface area contributed by atoms with Crippen molar-refractivity contribution in [2.24, 2.45) is 5.11 Å². The lowest BCUT2D eigenvalue weighted by Gasteiger charge is -2.05. The van der Waals surface area contributed by atoms with Gasteiger partial charge in [0.2, 0.25) is 0 Å². The molecule has 4 heteroatoms. The summed E-state index contributed by atoms with van der Waals surface area (Å²) >= 11 is 0. The number of aryl methyl sites for hydroxylation is 2. The van der Waals surface area contributed by atoms with E-state index in [-0.39, 0.29) is 0 Å². The van der Waals surface area contributed by atoms with Crippen LogP contribution in [-0.4, -0.2) is 0 Å². The highest BCUT2D eigenvalue weighted by atomic mass is 15.1. The Kier molecular flexibility index (Phi) is 2.21. The molecule has 62 valence electrons. The van der Waals surface area contributed by atoms with Gasteiger partial charge in [-0.15, -0.1) is 0 Å². The number of nitrogen functional groups attached to an aromatic ring is 1. The highest BCUT2D eigenvalue weighted by Crippen LogP contribution is 2.29. The summed E-state index contributed by atoms with van der Waals surface area (Å²) in [4.78, 5) is 2.71. The van der Waals surface area contributed by atoms with E-state index in [0.717, 1.165) is 11.1 Å². The van der Waals surface area contributed by atoms with Crippen molar-refractivity contribution in [2.75, 3.05) is 5.73 Å². The number of benzene rings is 1. The molecule has 4 nitrogen and oxygen atoms in total. The average Bonchev–Trinajstić information content (AvgIpc) is 2.06. The summed E-state index contributed by atoms with van der Waals surface area (Å²) in [6, 6.07) is 3.79. The van der Waals surface area contributed by atoms with Gasteiger partial charge in [-0.25, -0.2) is 0 Å². The van der Waals surface area contributed by atoms with Gasteiger partial charge in [0.15, 0.2) is 0 Å². The lowest BCUT2D eigenvalue weighted by Crippen LogP contribution is -1.91. The van der Waals surface area contributed by atoms with Gasteiger partial charge in [0.1, 0.15) is 0 Å². The number of rotatable bonds is 1. The van der Waals surface area contributed by atoms with Crippen LogP contribution >= 0.6 is 0 Å². The third-order valence-electron chi connectivity index (χ3n) is 1.78. The van der Waals surface area contributed by atoms with Crippen LogP contribution in [0.4, 0.5) is 11.4 Å². The van der Waals surface area contributed by atoms with Gasteiger partial charge in [-0.05, 0) is 30.5 Å². The Hall–Kier alpha value is -1.67. The van der Waals surface area contributed by atoms with Gasteiger partial charge in [0.05, 0.1) is 5.69 Å². The van der Waals surface area contributed by atoms with Crippen molar-refractivity contribution in [2.45, 2.75) is 13.8 Å². The standard InChI is InChI=1S/C8H10N4/c1-5-3-4-6(2)8(7(5)9)11-12-10/h3-4H,9H2,1-2H3. The average molecular weight is 162 g/mol. The minimum absolute atomic E-state index is 0.539. The largest absolute Gasteiger partial charge is 0.398 e. The highest BCUT2D eigenvalue weighted by molar-refractivity contribution is 5.69. The second-order valence-corrected chi connectivity index (χ2v) is 2.65. The van der Waals surface area contributed by atoms with Gasteiger partial charge >= 0.3 is 0 Å². The van der Waals surface area contributed by atoms with E-state index in [2.05, 4.69) is 10.0 Å². The molecular weight excluding hydrogens is 152 g/mol. The molecule has 0 saturated heterocycles. The van der Waals surface area contributed by atoms with Crippen molar-refractivity contribution in [1.82, 2.24) is 0 Å². The zero-order valence-corrected chi connectivity index (χ0v) is 7.07. The smallest absolute Gasteiger partial charge is 0.0636 e. The first kappa shape index (κ1) is 8.43. The molecule has 0 atom stereocenters. The van der Waals surface area contributed by atoms with Crippen LogP contribution in [0.25, 0.3) is 10.4 Å². The first-order chi connectivity index (χ1) is 5.66. The van der Waals surface area contributed by atoms with Crippen molar-refractivity contribution in [1.29, 1.82) is 0 Å². The number of hydrogen-bond acceptors (Lipinski definition) is 2. The molecule has 2 N–H and O–H groups in total. The van der Waals surface area contributed by atoms with Crippen molar-refractivity contribution < 1.29 is 0 Å². The molecule has 0 amide bonds. The summed E-state index contributed by atoms with van der Waals surface area (Å²) in [6.45, 7) is 3.74. The molecule has 0 aliphatic heterocycles. The topological polar surface area (TPSA) is 74.8 Å². The molecule has 0 spiro atoms. The summed E-state index contributed by atoms with van der Waals surface area (Å²) in [5, 5.41) is 3.52. The minimum atomic E-state index is 0.539. The van der Waals surface area contributed by atoms with Crippen LogP contribution in [0.2, 0.25) is 0 Å². The number of nitrogens with two attached hydrogens (primary N) is 1. The summed E-state index contributed by atoms with van der Waals surface area (Å²) in [7, 11) is 0. The summed E-state index contributed by atoms with van der Waals surface area (Å²) in [6.07, 6.45) is 0. The molecule has 0 aromatic heterocycles. The third kappa shape index (κ3) is 1.33. The van der Waals surface area contributed by atoms with E-state index < -0.39 is 0 Å². The molecule has 12 heavy (non-hydrogen) atoms. The number of azide groups is 1. The van der Waals surface area contributed by atoms with Crippen LogP contribution < -0.4 is 5.73 Å². The first-order valence-electron chi connectivity index (χ1n) is 3.57. The Labute approximate surface area is 70.6 Å². The molecule has 0 aliphatic carbocycles. The lowest BCUT2D eigenvalue weighted by atomic mass is 10.1. The lowest BCUT2D eigenvalue weighted by molar-refractivity contribution is 1.34. The molecule has 1 aromatic carbocycles. The van der Waals surface area contributed by atoms with Crippen LogP contribution in [0.15, 0.2) is 17.2 Å². The maximum absolute atomic E-state index is 8.26. The van der Waals surface area contributed by atoms with E-state index in [1.165, 1.54) is 0 Å². The van der Waals surface area contributed by atoms with Crippen molar-refractivity contribution in [3.05, 3.63) is 33.7 Å². The van der Waals surface area contributed by atoms with Gasteiger partial charge in [-0.1, -0.05) is 17.2 Å². The quantitative estimate of drug-likeness (QED) is 0.293. The summed E-state index contributed by atoms with van der Waals surface area (Å²) in [5.74, 6) is 0. The first-order valence-corrected chi connectivity index (χ1v) is 3.57. The second kappa shape index (κ2) is 3.15.